The largest absolute Gasteiger partial charge is 0.355 e. The molecule has 1 aliphatic carbocycles. The number of halogens is 1. The maximum absolute atomic E-state index is 4.32. The number of likely N-dealkylation sites (N-methyl/N-ethyl adjacent to an activating group) is 1. The predicted octanol–water partition coefficient (Wildman–Crippen LogP) is 2.83. The molecular formula is C15H33IN4. The number of aliphatic imine (C=N–C) groups is 1. The third kappa shape index (κ3) is 9.00. The van der Waals surface area contributed by atoms with Crippen LogP contribution in [0.1, 0.15) is 51.9 Å². The summed E-state index contributed by atoms with van der Waals surface area (Å²) < 4.78 is 0. The minimum Gasteiger partial charge on any atom is -0.355 e. The Morgan fingerprint density at radius 2 is 1.90 bits per heavy atom. The zero-order chi connectivity index (χ0) is 13.9. The Labute approximate surface area is 142 Å². The van der Waals surface area contributed by atoms with Crippen LogP contribution in [-0.4, -0.2) is 50.6 Å². The van der Waals surface area contributed by atoms with Crippen molar-refractivity contribution in [2.24, 2.45) is 4.99 Å². The van der Waals surface area contributed by atoms with Crippen molar-refractivity contribution < 1.29 is 0 Å². The molecule has 1 fully saturated rings. The number of hydrogen-bond donors (Lipinski definition) is 2. The van der Waals surface area contributed by atoms with Gasteiger partial charge in [0, 0.05) is 26.2 Å². The standard InChI is InChI=1S/C15H32N4.HI/c1-4-5-12-19(3)13-11-17-15(16-2)18-14-9-7-6-8-10-14;/h14H,4-13H2,1-3H3,(H2,16,17,18);1H. The van der Waals surface area contributed by atoms with Gasteiger partial charge in [0.05, 0.1) is 0 Å². The van der Waals surface area contributed by atoms with Crippen molar-refractivity contribution in [2.75, 3.05) is 33.7 Å². The highest BCUT2D eigenvalue weighted by atomic mass is 127. The van der Waals surface area contributed by atoms with Gasteiger partial charge in [-0.3, -0.25) is 4.99 Å². The topological polar surface area (TPSA) is 39.7 Å². The van der Waals surface area contributed by atoms with E-state index >= 15 is 0 Å². The predicted molar refractivity (Wildman–Crippen MR) is 99.2 cm³/mol. The average molecular weight is 396 g/mol. The molecular weight excluding hydrogens is 363 g/mol. The van der Waals surface area contributed by atoms with Gasteiger partial charge in [-0.2, -0.15) is 0 Å². The van der Waals surface area contributed by atoms with Crippen molar-refractivity contribution in [2.45, 2.75) is 57.9 Å². The first-order chi connectivity index (χ1) is 9.26. The SMILES string of the molecule is CCCCN(C)CCNC(=NC)NC1CCCCC1.I. The lowest BCUT2D eigenvalue weighted by atomic mass is 9.96. The van der Waals surface area contributed by atoms with Crippen molar-refractivity contribution in [1.29, 1.82) is 0 Å². The van der Waals surface area contributed by atoms with Crippen molar-refractivity contribution in [1.82, 2.24) is 15.5 Å². The van der Waals surface area contributed by atoms with Crippen LogP contribution < -0.4 is 10.6 Å². The van der Waals surface area contributed by atoms with Crippen molar-refractivity contribution in [3.8, 4) is 0 Å². The molecule has 0 saturated heterocycles. The van der Waals surface area contributed by atoms with E-state index in [2.05, 4.69) is 34.5 Å². The van der Waals surface area contributed by atoms with Crippen LogP contribution in [0.2, 0.25) is 0 Å². The third-order valence-corrected chi connectivity index (χ3v) is 3.85. The van der Waals surface area contributed by atoms with E-state index in [1.165, 1.54) is 51.5 Å². The number of nitrogens with one attached hydrogen (secondary N) is 2. The molecule has 0 heterocycles. The summed E-state index contributed by atoms with van der Waals surface area (Å²) in [6, 6.07) is 0.623. The summed E-state index contributed by atoms with van der Waals surface area (Å²) in [4.78, 5) is 6.70. The van der Waals surface area contributed by atoms with Crippen LogP contribution in [0.25, 0.3) is 0 Å². The van der Waals surface area contributed by atoms with Crippen LogP contribution in [-0.2, 0) is 0 Å². The first-order valence-electron chi connectivity index (χ1n) is 7.92. The smallest absolute Gasteiger partial charge is 0.191 e. The van der Waals surface area contributed by atoms with Crippen LogP contribution in [0.5, 0.6) is 0 Å². The molecule has 0 radical (unpaired) electrons. The molecule has 0 spiro atoms. The second-order valence-electron chi connectivity index (χ2n) is 5.64. The normalized spacial score (nSPS) is 16.9. The lowest BCUT2D eigenvalue weighted by Crippen LogP contribution is -2.46. The molecule has 1 rings (SSSR count). The molecule has 2 N–H and O–H groups in total. The molecule has 0 atom stereocenters. The Kier molecular flexibility index (Phi) is 12.7. The summed E-state index contributed by atoms with van der Waals surface area (Å²) in [5, 5.41) is 6.96. The highest BCUT2D eigenvalue weighted by Crippen LogP contribution is 2.17. The molecule has 1 saturated carbocycles. The highest BCUT2D eigenvalue weighted by Gasteiger charge is 2.14. The van der Waals surface area contributed by atoms with Gasteiger partial charge in [0.1, 0.15) is 0 Å². The Morgan fingerprint density at radius 1 is 1.20 bits per heavy atom. The molecule has 0 bridgehead atoms. The number of nitrogens with zero attached hydrogens (tertiary/aromatic N) is 2. The summed E-state index contributed by atoms with van der Waals surface area (Å²) in [6.07, 6.45) is 9.23. The first-order valence-corrected chi connectivity index (χ1v) is 7.92. The fourth-order valence-electron chi connectivity index (χ4n) is 2.54. The summed E-state index contributed by atoms with van der Waals surface area (Å²) >= 11 is 0. The van der Waals surface area contributed by atoms with Gasteiger partial charge in [-0.05, 0) is 32.9 Å². The van der Waals surface area contributed by atoms with Gasteiger partial charge < -0.3 is 15.5 Å². The fraction of sp³-hybridized carbons (Fsp3) is 0.933. The van der Waals surface area contributed by atoms with Crippen molar-refractivity contribution >= 4 is 29.9 Å². The third-order valence-electron chi connectivity index (χ3n) is 3.85. The van der Waals surface area contributed by atoms with E-state index in [1.807, 2.05) is 7.05 Å². The molecule has 120 valence electrons. The van der Waals surface area contributed by atoms with Crippen LogP contribution in [0, 0.1) is 0 Å². The van der Waals surface area contributed by atoms with Gasteiger partial charge in [0.15, 0.2) is 5.96 Å². The van der Waals surface area contributed by atoms with Gasteiger partial charge in [-0.1, -0.05) is 32.6 Å². The second-order valence-corrected chi connectivity index (χ2v) is 5.64. The van der Waals surface area contributed by atoms with Crippen LogP contribution in [0.4, 0.5) is 0 Å². The summed E-state index contributed by atoms with van der Waals surface area (Å²) in [6.45, 7) is 5.47. The monoisotopic (exact) mass is 396 g/mol. The Hall–Kier alpha value is -0.0400. The van der Waals surface area contributed by atoms with Crippen molar-refractivity contribution in [3.63, 3.8) is 0 Å². The van der Waals surface area contributed by atoms with Crippen LogP contribution >= 0.6 is 24.0 Å². The van der Waals surface area contributed by atoms with Crippen LogP contribution in [0.15, 0.2) is 4.99 Å². The Bertz CT molecular complexity index is 252. The fourth-order valence-corrected chi connectivity index (χ4v) is 2.54. The molecule has 0 aromatic heterocycles. The number of rotatable bonds is 7. The van der Waals surface area contributed by atoms with E-state index in [-0.39, 0.29) is 24.0 Å². The van der Waals surface area contributed by atoms with E-state index < -0.39 is 0 Å². The molecule has 0 aliphatic heterocycles. The highest BCUT2D eigenvalue weighted by molar-refractivity contribution is 14.0. The van der Waals surface area contributed by atoms with Gasteiger partial charge >= 0.3 is 0 Å². The van der Waals surface area contributed by atoms with E-state index in [9.17, 15) is 0 Å². The van der Waals surface area contributed by atoms with Gasteiger partial charge in [-0.15, -0.1) is 24.0 Å². The molecule has 0 unspecified atom stereocenters. The first kappa shape index (κ1) is 20.0. The van der Waals surface area contributed by atoms with E-state index in [0.717, 1.165) is 19.0 Å². The van der Waals surface area contributed by atoms with Gasteiger partial charge in [0.2, 0.25) is 0 Å². The minimum atomic E-state index is 0. The zero-order valence-corrected chi connectivity index (χ0v) is 15.8. The number of unbranched alkanes of at least 4 members (excludes halogenated alkanes) is 1. The van der Waals surface area contributed by atoms with Gasteiger partial charge in [-0.25, -0.2) is 0 Å². The summed E-state index contributed by atoms with van der Waals surface area (Å²) in [5.41, 5.74) is 0. The van der Waals surface area contributed by atoms with Gasteiger partial charge in [0.25, 0.3) is 0 Å². The number of guanidine groups is 1. The zero-order valence-electron chi connectivity index (χ0n) is 13.5. The Balaban J connectivity index is 0.00000361. The summed E-state index contributed by atoms with van der Waals surface area (Å²) in [5.74, 6) is 0.968. The molecule has 0 aromatic carbocycles. The minimum absolute atomic E-state index is 0. The molecule has 5 heteroatoms. The van der Waals surface area contributed by atoms with E-state index in [1.54, 1.807) is 0 Å². The molecule has 0 amide bonds. The number of hydrogen-bond acceptors (Lipinski definition) is 2. The lowest BCUT2D eigenvalue weighted by Gasteiger charge is -2.25. The van der Waals surface area contributed by atoms with E-state index in [0.29, 0.717) is 6.04 Å². The maximum Gasteiger partial charge on any atom is 0.191 e. The molecule has 0 aromatic rings. The van der Waals surface area contributed by atoms with Crippen LogP contribution in [0.3, 0.4) is 0 Å². The molecule has 4 nitrogen and oxygen atoms in total. The maximum atomic E-state index is 4.32. The lowest BCUT2D eigenvalue weighted by molar-refractivity contribution is 0.331. The molecule has 20 heavy (non-hydrogen) atoms. The molecule has 1 aliphatic rings. The Morgan fingerprint density at radius 3 is 2.50 bits per heavy atom. The van der Waals surface area contributed by atoms with E-state index in [4.69, 9.17) is 0 Å². The quantitative estimate of drug-likeness (QED) is 0.395. The average Bonchev–Trinajstić information content (AvgIpc) is 2.45. The second kappa shape index (κ2) is 12.7. The van der Waals surface area contributed by atoms with Crippen molar-refractivity contribution in [3.05, 3.63) is 0 Å². The summed E-state index contributed by atoms with van der Waals surface area (Å²) in [7, 11) is 4.05.